The van der Waals surface area contributed by atoms with Gasteiger partial charge in [0.1, 0.15) is 17.7 Å². The molecule has 5 aromatic rings. The molecular weight excluding hydrogens is 522 g/mol. The second kappa shape index (κ2) is 11.7. The van der Waals surface area contributed by atoms with Crippen molar-refractivity contribution in [2.75, 3.05) is 13.1 Å². The topological polar surface area (TPSA) is 121 Å². The van der Waals surface area contributed by atoms with Crippen LogP contribution >= 0.6 is 0 Å². The summed E-state index contributed by atoms with van der Waals surface area (Å²) in [5.74, 6) is 7.84. The Hall–Kier alpha value is -4.70. The van der Waals surface area contributed by atoms with Crippen LogP contribution in [-0.2, 0) is 6.54 Å². The van der Waals surface area contributed by atoms with Gasteiger partial charge in [-0.3, -0.25) is 20.8 Å². The van der Waals surface area contributed by atoms with Crippen LogP contribution < -0.4 is 16.6 Å². The maximum Gasteiger partial charge on any atom is 0.199 e. The number of nitrogens with two attached hydrogens (primary N) is 1. The third-order valence-electron chi connectivity index (χ3n) is 8.15. The summed E-state index contributed by atoms with van der Waals surface area (Å²) >= 11 is 0. The van der Waals surface area contributed by atoms with Crippen molar-refractivity contribution in [3.63, 3.8) is 0 Å². The number of nitrogens with zero attached hydrogens (tertiary/aromatic N) is 5. The fraction of sp³-hybridized carbons (Fsp3) is 0.212. The lowest BCUT2D eigenvalue weighted by Crippen LogP contribution is -2.38. The highest BCUT2D eigenvalue weighted by molar-refractivity contribution is 5.82. The fourth-order valence-corrected chi connectivity index (χ4v) is 5.87. The third-order valence-corrected chi connectivity index (χ3v) is 8.15. The minimum Gasteiger partial charge on any atom is -0.371 e. The first-order valence-electron chi connectivity index (χ1n) is 14.4. The van der Waals surface area contributed by atoms with Crippen LogP contribution in [0.15, 0.2) is 91.3 Å². The van der Waals surface area contributed by atoms with Crippen molar-refractivity contribution in [1.82, 2.24) is 40.8 Å². The van der Waals surface area contributed by atoms with Gasteiger partial charge >= 0.3 is 0 Å². The lowest BCUT2D eigenvalue weighted by atomic mass is 9.94. The number of hydrazine groups is 1. The zero-order chi connectivity index (χ0) is 28.3. The number of aromatic amines is 1. The molecule has 0 amide bonds. The van der Waals surface area contributed by atoms with Crippen molar-refractivity contribution in [1.29, 1.82) is 0 Å². The summed E-state index contributed by atoms with van der Waals surface area (Å²) in [4.78, 5) is 16.7. The molecule has 0 radical (unpaired) electrons. The highest BCUT2D eigenvalue weighted by Gasteiger charge is 2.24. The molecule has 1 unspecified atom stereocenters. The van der Waals surface area contributed by atoms with Crippen LogP contribution in [0.25, 0.3) is 40.0 Å². The summed E-state index contributed by atoms with van der Waals surface area (Å²) in [5, 5.41) is 10.8. The van der Waals surface area contributed by atoms with Crippen LogP contribution in [0, 0.1) is 0 Å². The zero-order valence-electron chi connectivity index (χ0n) is 23.2. The molecule has 210 valence electrons. The number of rotatable bonds is 7. The van der Waals surface area contributed by atoms with Crippen LogP contribution in [0.4, 0.5) is 0 Å². The summed E-state index contributed by atoms with van der Waals surface area (Å²) in [5.41, 5.74) is 11.2. The molecule has 7 rings (SSSR count). The average Bonchev–Trinajstić information content (AvgIpc) is 3.56. The minimum absolute atomic E-state index is 0.188. The van der Waals surface area contributed by atoms with E-state index in [-0.39, 0.29) is 6.17 Å². The van der Waals surface area contributed by atoms with Crippen molar-refractivity contribution >= 4 is 6.08 Å². The Bertz CT molecular complexity index is 1670. The van der Waals surface area contributed by atoms with Crippen LogP contribution in [0.1, 0.15) is 47.6 Å². The number of fused-ring (bicyclic) bond motifs is 1. The van der Waals surface area contributed by atoms with Gasteiger partial charge in [-0.25, -0.2) is 15.4 Å². The molecule has 2 aliphatic rings. The maximum atomic E-state index is 5.82. The Morgan fingerprint density at radius 2 is 1.71 bits per heavy atom. The lowest BCUT2D eigenvalue weighted by Gasteiger charge is -2.31. The van der Waals surface area contributed by atoms with Gasteiger partial charge in [-0.05, 0) is 61.3 Å². The molecule has 5 heterocycles. The molecule has 2 aliphatic heterocycles. The predicted octanol–water partition coefficient (Wildman–Crippen LogP) is 5.01. The summed E-state index contributed by atoms with van der Waals surface area (Å²) < 4.78 is 0. The first-order chi connectivity index (χ1) is 20.7. The molecule has 0 bridgehead atoms. The molecule has 0 saturated carbocycles. The van der Waals surface area contributed by atoms with Gasteiger partial charge in [-0.2, -0.15) is 5.10 Å². The lowest BCUT2D eigenvalue weighted by molar-refractivity contribution is 0.202. The van der Waals surface area contributed by atoms with Gasteiger partial charge in [-0.15, -0.1) is 0 Å². The summed E-state index contributed by atoms with van der Waals surface area (Å²) in [6, 6.07) is 27.2. The van der Waals surface area contributed by atoms with E-state index in [9.17, 15) is 0 Å². The number of hydrogen-bond acceptors (Lipinski definition) is 8. The Labute approximate surface area is 244 Å². The van der Waals surface area contributed by atoms with Crippen molar-refractivity contribution in [3.05, 3.63) is 114 Å². The van der Waals surface area contributed by atoms with Crippen molar-refractivity contribution in [2.24, 2.45) is 5.84 Å². The quantitative estimate of drug-likeness (QED) is 0.163. The Kier molecular flexibility index (Phi) is 7.27. The molecule has 0 aliphatic carbocycles. The van der Waals surface area contributed by atoms with Gasteiger partial charge in [0.25, 0.3) is 0 Å². The standard InChI is InChI=1S/C33H33N9/c34-39-32-27-20-26(23-6-2-1-3-7-23)30(37-28(27)13-17-36-32)24-11-9-22(10-12-24)21-42-18-14-25(15-19-42)31-38-33(41-40-31)29-8-4-5-16-35-29/h1-13,16-17,20,25,32,36,39H,14-15,18-19,21,34H2,(H,38,40,41). The highest BCUT2D eigenvalue weighted by Crippen LogP contribution is 2.35. The Morgan fingerprint density at radius 1 is 0.905 bits per heavy atom. The molecule has 2 aromatic carbocycles. The molecule has 9 heteroatoms. The molecule has 1 saturated heterocycles. The second-order valence-corrected chi connectivity index (χ2v) is 10.8. The summed E-state index contributed by atoms with van der Waals surface area (Å²) in [7, 11) is 0. The van der Waals surface area contributed by atoms with Crippen LogP contribution in [0.3, 0.4) is 0 Å². The van der Waals surface area contributed by atoms with E-state index in [0.29, 0.717) is 11.7 Å². The van der Waals surface area contributed by atoms with Gasteiger partial charge in [0.15, 0.2) is 5.82 Å². The highest BCUT2D eigenvalue weighted by atomic mass is 15.3. The third kappa shape index (κ3) is 5.33. The smallest absolute Gasteiger partial charge is 0.199 e. The summed E-state index contributed by atoms with van der Waals surface area (Å²) in [6.45, 7) is 2.96. The van der Waals surface area contributed by atoms with Gasteiger partial charge in [0, 0.05) is 41.5 Å². The maximum absolute atomic E-state index is 5.82. The fourth-order valence-electron chi connectivity index (χ4n) is 5.87. The van der Waals surface area contributed by atoms with E-state index in [1.54, 1.807) is 6.20 Å². The van der Waals surface area contributed by atoms with Crippen LogP contribution in [0.5, 0.6) is 0 Å². The second-order valence-electron chi connectivity index (χ2n) is 10.8. The van der Waals surface area contributed by atoms with E-state index >= 15 is 0 Å². The number of hydrogen-bond donors (Lipinski definition) is 4. The number of aromatic nitrogens is 5. The van der Waals surface area contributed by atoms with Crippen LogP contribution in [0.2, 0.25) is 0 Å². The number of likely N-dealkylation sites (tertiary alicyclic amines) is 1. The minimum atomic E-state index is -0.188. The zero-order valence-corrected chi connectivity index (χ0v) is 23.2. The molecule has 9 nitrogen and oxygen atoms in total. The molecular formula is C33H33N9. The molecule has 0 spiro atoms. The van der Waals surface area contributed by atoms with Gasteiger partial charge in [-0.1, -0.05) is 60.7 Å². The Balaban J connectivity index is 1.05. The molecule has 5 N–H and O–H groups in total. The van der Waals surface area contributed by atoms with E-state index in [1.807, 2.05) is 36.5 Å². The number of H-pyrrole nitrogens is 1. The number of nitrogens with one attached hydrogen (secondary N) is 3. The van der Waals surface area contributed by atoms with Crippen molar-refractivity contribution < 1.29 is 0 Å². The summed E-state index contributed by atoms with van der Waals surface area (Å²) in [6.07, 6.45) is 7.57. The van der Waals surface area contributed by atoms with E-state index < -0.39 is 0 Å². The Morgan fingerprint density at radius 3 is 2.48 bits per heavy atom. The van der Waals surface area contributed by atoms with E-state index in [1.165, 1.54) is 5.56 Å². The monoisotopic (exact) mass is 555 g/mol. The van der Waals surface area contributed by atoms with Crippen molar-refractivity contribution in [3.8, 4) is 33.9 Å². The average molecular weight is 556 g/mol. The van der Waals surface area contributed by atoms with Crippen LogP contribution in [-0.4, -0.2) is 43.1 Å². The predicted molar refractivity (Wildman–Crippen MR) is 164 cm³/mol. The molecule has 42 heavy (non-hydrogen) atoms. The number of pyridine rings is 2. The van der Waals surface area contributed by atoms with Gasteiger partial charge in [0.2, 0.25) is 0 Å². The SMILES string of the molecule is NNC1NC=Cc2nc(-c3ccc(CN4CCC(c5nc(-c6ccccn6)n[nH]5)CC4)cc3)c(-c3ccccc3)cc21. The first-order valence-corrected chi connectivity index (χ1v) is 14.4. The number of benzene rings is 2. The van der Waals surface area contributed by atoms with Crippen molar-refractivity contribution in [2.45, 2.75) is 31.5 Å². The molecule has 1 atom stereocenters. The van der Waals surface area contributed by atoms with Gasteiger partial charge < -0.3 is 5.32 Å². The van der Waals surface area contributed by atoms with E-state index in [4.69, 9.17) is 15.8 Å². The molecule has 1 fully saturated rings. The first kappa shape index (κ1) is 26.2. The molecule has 3 aromatic heterocycles. The van der Waals surface area contributed by atoms with E-state index in [2.05, 4.69) is 85.4 Å². The number of piperidine rings is 1. The van der Waals surface area contributed by atoms with Gasteiger partial charge in [0.05, 0.1) is 11.4 Å². The van der Waals surface area contributed by atoms with E-state index in [0.717, 1.165) is 77.6 Å². The largest absolute Gasteiger partial charge is 0.371 e. The normalized spacial score (nSPS) is 17.1.